The van der Waals surface area contributed by atoms with E-state index in [1.54, 1.807) is 0 Å². The maximum Gasteiger partial charge on any atom is 0.218 e. The number of aliphatic hydroxyl groups excluding tert-OH is 8. The predicted molar refractivity (Wildman–Crippen MR) is 85.7 cm³/mol. The van der Waals surface area contributed by atoms with Crippen LogP contribution in [0, 0.1) is 0 Å². The lowest BCUT2D eigenvalue weighted by Crippen LogP contribution is -2.53. The molecule has 0 aliphatic carbocycles. The van der Waals surface area contributed by atoms with Gasteiger partial charge in [0.2, 0.25) is 10.4 Å². The minimum absolute atomic E-state index is 0.0296. The zero-order valence-electron chi connectivity index (χ0n) is 13.5. The van der Waals surface area contributed by atoms with Crippen molar-refractivity contribution in [3.05, 3.63) is 0 Å². The van der Waals surface area contributed by atoms with Crippen molar-refractivity contribution < 1.29 is 58.0 Å². The van der Waals surface area contributed by atoms with Crippen LogP contribution in [0.3, 0.4) is 0 Å². The highest BCUT2D eigenvalue weighted by Crippen LogP contribution is 2.26. The van der Waals surface area contributed by atoms with Gasteiger partial charge in [-0.25, -0.2) is 8.42 Å². The summed E-state index contributed by atoms with van der Waals surface area (Å²) in [5, 5.41) is 75.8. The zero-order valence-corrected chi connectivity index (χ0v) is 15.1. The molecular formula is C12H24O12S2. The summed E-state index contributed by atoms with van der Waals surface area (Å²) in [4.78, 5) is 0. The van der Waals surface area contributed by atoms with E-state index < -0.39 is 82.5 Å². The third-order valence-electron chi connectivity index (χ3n) is 4.03. The van der Waals surface area contributed by atoms with Crippen molar-refractivity contribution in [2.75, 3.05) is 24.7 Å². The molecule has 0 aromatic rings. The number of hydrogen-bond donors (Lipinski definition) is 8. The molecule has 0 spiro atoms. The standard InChI is InChI=1S/C12H24O12S2/c13-1-5(15)10(19)11(20)12(24-26(21,22)23)7(17)4-25-3-6(16)9(18)8(25)2-14/h5-20H,1-4H2/t5-,6-,7-,8-,9+,10+,11+,12-,25?/m1/s1. The lowest BCUT2D eigenvalue weighted by Gasteiger charge is -2.31. The van der Waals surface area contributed by atoms with Crippen molar-refractivity contribution in [2.24, 2.45) is 0 Å². The quantitative estimate of drug-likeness (QED) is 0.0931. The first kappa shape index (κ1) is 23.9. The van der Waals surface area contributed by atoms with Crippen LogP contribution in [-0.2, 0) is 25.5 Å². The summed E-state index contributed by atoms with van der Waals surface area (Å²) in [5.74, 6) is -0.406. The summed E-state index contributed by atoms with van der Waals surface area (Å²) >= 11 is 0. The second kappa shape index (κ2) is 9.90. The predicted octanol–water partition coefficient (Wildman–Crippen LogP) is -6.02. The first-order valence-corrected chi connectivity index (χ1v) is 10.5. The molecular weight excluding hydrogens is 400 g/mol. The van der Waals surface area contributed by atoms with E-state index in [9.17, 15) is 48.7 Å². The second-order valence-electron chi connectivity index (χ2n) is 5.92. The highest BCUT2D eigenvalue weighted by Gasteiger charge is 2.51. The van der Waals surface area contributed by atoms with Crippen LogP contribution in [0.2, 0.25) is 0 Å². The van der Waals surface area contributed by atoms with Crippen molar-refractivity contribution in [1.82, 2.24) is 0 Å². The molecule has 9 atom stereocenters. The van der Waals surface area contributed by atoms with Gasteiger partial charge in [0.1, 0.15) is 54.2 Å². The maximum absolute atomic E-state index is 10.9. The number of rotatable bonds is 10. The van der Waals surface area contributed by atoms with Crippen LogP contribution in [0.1, 0.15) is 0 Å². The van der Waals surface area contributed by atoms with Crippen molar-refractivity contribution in [3.63, 3.8) is 0 Å². The largest absolute Gasteiger partial charge is 0.726 e. The van der Waals surface area contributed by atoms with Gasteiger partial charge in [-0.1, -0.05) is 0 Å². The molecule has 0 amide bonds. The summed E-state index contributed by atoms with van der Waals surface area (Å²) in [5.41, 5.74) is 0. The molecule has 1 rings (SSSR count). The number of aliphatic hydroxyl groups is 8. The van der Waals surface area contributed by atoms with E-state index in [1.807, 2.05) is 0 Å². The molecule has 1 heterocycles. The molecule has 0 bridgehead atoms. The van der Waals surface area contributed by atoms with Crippen molar-refractivity contribution in [1.29, 1.82) is 0 Å². The van der Waals surface area contributed by atoms with Crippen LogP contribution in [0.4, 0.5) is 0 Å². The van der Waals surface area contributed by atoms with Crippen molar-refractivity contribution in [2.45, 2.75) is 48.0 Å². The number of hydrogen-bond acceptors (Lipinski definition) is 12. The van der Waals surface area contributed by atoms with Crippen LogP contribution < -0.4 is 0 Å². The SMILES string of the molecule is O=S(=O)([O-])O[C@@H]([C@@H](O)[C@@H](O)[C@H](O)CO)[C@H](O)C[S+]1C[C@@H](O)[C@H](O)[C@H]1CO. The Hall–Kier alpha value is -0.100. The Kier molecular flexibility index (Phi) is 9.12. The summed E-state index contributed by atoms with van der Waals surface area (Å²) in [7, 11) is -6.45. The molecule has 0 radical (unpaired) electrons. The monoisotopic (exact) mass is 424 g/mol. The molecule has 8 N–H and O–H groups in total. The molecule has 12 nitrogen and oxygen atoms in total. The first-order valence-electron chi connectivity index (χ1n) is 7.53. The Bertz CT molecular complexity index is 530. The van der Waals surface area contributed by atoms with E-state index in [4.69, 9.17) is 5.11 Å². The van der Waals surface area contributed by atoms with Crippen LogP contribution >= 0.6 is 0 Å². The summed E-state index contributed by atoms with van der Waals surface area (Å²) < 4.78 is 36.7. The minimum Gasteiger partial charge on any atom is -0.726 e. The third kappa shape index (κ3) is 6.22. The Labute approximate surface area is 152 Å². The van der Waals surface area contributed by atoms with E-state index in [-0.39, 0.29) is 11.5 Å². The van der Waals surface area contributed by atoms with Gasteiger partial charge in [0, 0.05) is 10.9 Å². The maximum atomic E-state index is 10.9. The Morgan fingerprint density at radius 3 is 2.12 bits per heavy atom. The zero-order chi connectivity index (χ0) is 20.2. The topological polar surface area (TPSA) is 228 Å². The lowest BCUT2D eigenvalue weighted by atomic mass is 10.0. The second-order valence-corrected chi connectivity index (χ2v) is 9.27. The van der Waals surface area contributed by atoms with Gasteiger partial charge in [-0.3, -0.25) is 4.18 Å². The van der Waals surface area contributed by atoms with Crippen molar-refractivity contribution in [3.8, 4) is 0 Å². The Balaban J connectivity index is 2.95. The summed E-state index contributed by atoms with van der Waals surface area (Å²) in [6.07, 6.45) is -12.8. The van der Waals surface area contributed by atoms with Crippen LogP contribution in [-0.4, -0.2) is 127 Å². The van der Waals surface area contributed by atoms with E-state index in [0.29, 0.717) is 0 Å². The molecule has 14 heteroatoms. The highest BCUT2D eigenvalue weighted by atomic mass is 32.3. The summed E-state index contributed by atoms with van der Waals surface area (Å²) in [6, 6.07) is 0. The Morgan fingerprint density at radius 1 is 1.08 bits per heavy atom. The van der Waals surface area contributed by atoms with Gasteiger partial charge in [-0.2, -0.15) is 0 Å². The molecule has 26 heavy (non-hydrogen) atoms. The van der Waals surface area contributed by atoms with Gasteiger partial charge in [0.15, 0.2) is 5.25 Å². The minimum atomic E-state index is -5.42. The van der Waals surface area contributed by atoms with E-state index in [0.717, 1.165) is 0 Å². The molecule has 156 valence electrons. The average Bonchev–Trinajstić information content (AvgIpc) is 2.82. The van der Waals surface area contributed by atoms with Gasteiger partial charge in [0.05, 0.1) is 13.2 Å². The smallest absolute Gasteiger partial charge is 0.218 e. The van der Waals surface area contributed by atoms with Gasteiger partial charge in [-0.15, -0.1) is 0 Å². The molecule has 0 saturated carbocycles. The van der Waals surface area contributed by atoms with Gasteiger partial charge >= 0.3 is 0 Å². The summed E-state index contributed by atoms with van der Waals surface area (Å²) in [6.45, 7) is -1.53. The molecule has 1 fully saturated rings. The fourth-order valence-corrected chi connectivity index (χ4v) is 5.82. The lowest BCUT2D eigenvalue weighted by molar-refractivity contribution is -0.129. The van der Waals surface area contributed by atoms with E-state index in [1.165, 1.54) is 0 Å². The average molecular weight is 424 g/mol. The van der Waals surface area contributed by atoms with Gasteiger partial charge < -0.3 is 45.4 Å². The normalized spacial score (nSPS) is 32.8. The van der Waals surface area contributed by atoms with Gasteiger partial charge in [0.25, 0.3) is 0 Å². The van der Waals surface area contributed by atoms with E-state index >= 15 is 0 Å². The molecule has 0 aromatic heterocycles. The Morgan fingerprint density at radius 2 is 1.65 bits per heavy atom. The third-order valence-corrected chi connectivity index (χ3v) is 7.31. The van der Waals surface area contributed by atoms with Crippen molar-refractivity contribution >= 4 is 21.3 Å². The van der Waals surface area contributed by atoms with Crippen LogP contribution in [0.5, 0.6) is 0 Å². The molecule has 1 unspecified atom stereocenters. The molecule has 1 aliphatic heterocycles. The fourth-order valence-electron chi connectivity index (χ4n) is 2.62. The fraction of sp³-hybridized carbons (Fsp3) is 1.00. The molecule has 1 saturated heterocycles. The molecule has 0 aromatic carbocycles. The van der Waals surface area contributed by atoms with Gasteiger partial charge in [-0.05, 0) is 0 Å². The highest BCUT2D eigenvalue weighted by molar-refractivity contribution is 7.97. The van der Waals surface area contributed by atoms with E-state index in [2.05, 4.69) is 4.18 Å². The first-order chi connectivity index (χ1) is 11.9. The molecule has 1 aliphatic rings. The van der Waals surface area contributed by atoms with Crippen LogP contribution in [0.25, 0.3) is 0 Å². The van der Waals surface area contributed by atoms with Crippen LogP contribution in [0.15, 0.2) is 0 Å².